The summed E-state index contributed by atoms with van der Waals surface area (Å²) in [6, 6.07) is 3.61. The van der Waals surface area contributed by atoms with Crippen molar-refractivity contribution in [2.75, 3.05) is 6.61 Å². The zero-order valence-electron chi connectivity index (χ0n) is 11.0. The minimum absolute atomic E-state index is 0.225. The lowest BCUT2D eigenvalue weighted by atomic mass is 10.1. The topological polar surface area (TPSA) is 75.6 Å². The average molecular weight is 320 g/mol. The molecule has 0 heterocycles. The number of carbonyl (C=O) groups is 2. The van der Waals surface area contributed by atoms with Crippen LogP contribution in [-0.4, -0.2) is 29.6 Å². The third kappa shape index (κ3) is 5.27. The lowest BCUT2D eigenvalue weighted by molar-refractivity contribution is -0.143. The largest absolute Gasteiger partial charge is 0.484 e. The van der Waals surface area contributed by atoms with Gasteiger partial charge in [0.05, 0.1) is 0 Å². The first-order valence-electron chi connectivity index (χ1n) is 5.90. The molecule has 0 fully saturated rings. The Labute approximate surface area is 126 Å². The molecule has 0 unspecified atom stereocenters. The number of carboxylic acid groups (broad SMARTS) is 1. The molecule has 2 N–H and O–H groups in total. The van der Waals surface area contributed by atoms with Crippen LogP contribution in [0.1, 0.15) is 13.8 Å². The fourth-order valence-corrected chi connectivity index (χ4v) is 2.00. The Bertz CT molecular complexity index is 485. The second-order valence-electron chi connectivity index (χ2n) is 4.52. The van der Waals surface area contributed by atoms with Crippen LogP contribution in [0.5, 0.6) is 5.75 Å². The molecular formula is C13H15Cl2NO4. The maximum atomic E-state index is 11.6. The van der Waals surface area contributed by atoms with Crippen LogP contribution in [0.4, 0.5) is 0 Å². The third-order valence-electron chi connectivity index (χ3n) is 2.46. The van der Waals surface area contributed by atoms with E-state index in [2.05, 4.69) is 5.32 Å². The maximum absolute atomic E-state index is 11.6. The number of nitrogens with one attached hydrogen (secondary N) is 1. The van der Waals surface area contributed by atoms with Crippen LogP contribution in [0.2, 0.25) is 10.0 Å². The summed E-state index contributed by atoms with van der Waals surface area (Å²) < 4.78 is 5.22. The molecular weight excluding hydrogens is 305 g/mol. The van der Waals surface area contributed by atoms with Crippen molar-refractivity contribution in [3.8, 4) is 5.75 Å². The van der Waals surface area contributed by atoms with Crippen molar-refractivity contribution in [3.63, 3.8) is 0 Å². The zero-order chi connectivity index (χ0) is 15.3. The molecule has 0 aliphatic heterocycles. The van der Waals surface area contributed by atoms with E-state index in [-0.39, 0.29) is 12.5 Å². The fourth-order valence-electron chi connectivity index (χ4n) is 1.49. The Kier molecular flexibility index (Phi) is 6.10. The van der Waals surface area contributed by atoms with Gasteiger partial charge in [0, 0.05) is 10.0 Å². The second-order valence-corrected chi connectivity index (χ2v) is 5.39. The molecule has 0 aromatic heterocycles. The molecule has 1 atom stereocenters. The summed E-state index contributed by atoms with van der Waals surface area (Å²) in [7, 11) is 0. The highest BCUT2D eigenvalue weighted by atomic mass is 35.5. The average Bonchev–Trinajstić information content (AvgIpc) is 2.31. The number of aliphatic carboxylic acids is 1. The molecule has 1 aromatic rings. The molecule has 0 aliphatic carbocycles. The smallest absolute Gasteiger partial charge is 0.326 e. The van der Waals surface area contributed by atoms with Gasteiger partial charge in [0.15, 0.2) is 6.61 Å². The van der Waals surface area contributed by atoms with Crippen LogP contribution in [0, 0.1) is 5.92 Å². The van der Waals surface area contributed by atoms with E-state index in [4.69, 9.17) is 33.0 Å². The number of benzene rings is 1. The van der Waals surface area contributed by atoms with Crippen LogP contribution in [0.25, 0.3) is 0 Å². The molecule has 0 saturated heterocycles. The van der Waals surface area contributed by atoms with E-state index < -0.39 is 17.9 Å². The van der Waals surface area contributed by atoms with Gasteiger partial charge in [-0.1, -0.05) is 37.0 Å². The number of hydrogen-bond acceptors (Lipinski definition) is 3. The zero-order valence-corrected chi connectivity index (χ0v) is 12.5. The fraction of sp³-hybridized carbons (Fsp3) is 0.385. The highest BCUT2D eigenvalue weighted by Gasteiger charge is 2.23. The molecule has 0 bridgehead atoms. The van der Waals surface area contributed by atoms with Crippen LogP contribution in [0.15, 0.2) is 18.2 Å². The molecule has 0 spiro atoms. The van der Waals surface area contributed by atoms with Crippen molar-refractivity contribution < 1.29 is 19.4 Å². The number of amides is 1. The SMILES string of the molecule is CC(C)[C@H](NC(=O)COc1cc(Cl)cc(Cl)c1)C(=O)O. The normalized spacial score (nSPS) is 12.1. The van der Waals surface area contributed by atoms with Gasteiger partial charge in [0.1, 0.15) is 11.8 Å². The Morgan fingerprint density at radius 2 is 1.80 bits per heavy atom. The first-order chi connectivity index (χ1) is 9.29. The van der Waals surface area contributed by atoms with E-state index >= 15 is 0 Å². The minimum atomic E-state index is -1.08. The lowest BCUT2D eigenvalue weighted by Crippen LogP contribution is -2.46. The summed E-state index contributed by atoms with van der Waals surface area (Å²) in [4.78, 5) is 22.6. The monoisotopic (exact) mass is 319 g/mol. The Morgan fingerprint density at radius 1 is 1.25 bits per heavy atom. The van der Waals surface area contributed by atoms with Crippen molar-refractivity contribution in [3.05, 3.63) is 28.2 Å². The number of carboxylic acids is 1. The summed E-state index contributed by atoms with van der Waals surface area (Å²) in [5, 5.41) is 12.1. The van der Waals surface area contributed by atoms with Gasteiger partial charge in [-0.05, 0) is 24.1 Å². The van der Waals surface area contributed by atoms with Crippen LogP contribution in [0.3, 0.4) is 0 Å². The summed E-state index contributed by atoms with van der Waals surface area (Å²) in [5.74, 6) is -1.49. The Hall–Kier alpha value is -1.46. The van der Waals surface area contributed by atoms with Gasteiger partial charge in [-0.3, -0.25) is 4.79 Å². The van der Waals surface area contributed by atoms with E-state index in [9.17, 15) is 9.59 Å². The molecule has 110 valence electrons. The predicted octanol–water partition coefficient (Wildman–Crippen LogP) is 2.60. The molecule has 0 aliphatic rings. The molecule has 1 aromatic carbocycles. The van der Waals surface area contributed by atoms with Crippen LogP contribution in [-0.2, 0) is 9.59 Å². The van der Waals surface area contributed by atoms with Crippen LogP contribution >= 0.6 is 23.2 Å². The van der Waals surface area contributed by atoms with Gasteiger partial charge in [-0.2, -0.15) is 0 Å². The Balaban J connectivity index is 2.56. The number of rotatable bonds is 6. The number of ether oxygens (including phenoxy) is 1. The first-order valence-corrected chi connectivity index (χ1v) is 6.66. The summed E-state index contributed by atoms with van der Waals surface area (Å²) >= 11 is 11.6. The van der Waals surface area contributed by atoms with Crippen molar-refractivity contribution >= 4 is 35.1 Å². The molecule has 1 amide bonds. The summed E-state index contributed by atoms with van der Waals surface area (Å²) in [6.45, 7) is 3.10. The standard InChI is InChI=1S/C13H15Cl2NO4/c1-7(2)12(13(18)19)16-11(17)6-20-10-4-8(14)3-9(15)5-10/h3-5,7,12H,6H2,1-2H3,(H,16,17)(H,18,19)/t12-/m0/s1. The van der Waals surface area contributed by atoms with Gasteiger partial charge in [0.25, 0.3) is 5.91 Å². The van der Waals surface area contributed by atoms with Crippen molar-refractivity contribution in [1.29, 1.82) is 0 Å². The molecule has 1 rings (SSSR count). The minimum Gasteiger partial charge on any atom is -0.484 e. The molecule has 0 saturated carbocycles. The third-order valence-corrected chi connectivity index (χ3v) is 2.89. The summed E-state index contributed by atoms with van der Waals surface area (Å²) in [6.07, 6.45) is 0. The summed E-state index contributed by atoms with van der Waals surface area (Å²) in [5.41, 5.74) is 0. The van der Waals surface area contributed by atoms with E-state index in [1.54, 1.807) is 13.8 Å². The van der Waals surface area contributed by atoms with Gasteiger partial charge < -0.3 is 15.2 Å². The van der Waals surface area contributed by atoms with Gasteiger partial charge in [-0.25, -0.2) is 4.79 Å². The second kappa shape index (κ2) is 7.36. The van der Waals surface area contributed by atoms with E-state index in [1.165, 1.54) is 18.2 Å². The van der Waals surface area contributed by atoms with Crippen molar-refractivity contribution in [2.45, 2.75) is 19.9 Å². The molecule has 0 radical (unpaired) electrons. The van der Waals surface area contributed by atoms with Crippen molar-refractivity contribution in [1.82, 2.24) is 5.32 Å². The highest BCUT2D eigenvalue weighted by Crippen LogP contribution is 2.24. The molecule has 20 heavy (non-hydrogen) atoms. The Morgan fingerprint density at radius 3 is 2.25 bits per heavy atom. The maximum Gasteiger partial charge on any atom is 0.326 e. The first kappa shape index (κ1) is 16.6. The van der Waals surface area contributed by atoms with Gasteiger partial charge >= 0.3 is 5.97 Å². The predicted molar refractivity (Wildman–Crippen MR) is 76.4 cm³/mol. The number of hydrogen-bond donors (Lipinski definition) is 2. The molecule has 7 heteroatoms. The van der Waals surface area contributed by atoms with Gasteiger partial charge in [0.2, 0.25) is 0 Å². The van der Waals surface area contributed by atoms with Crippen molar-refractivity contribution in [2.24, 2.45) is 5.92 Å². The lowest BCUT2D eigenvalue weighted by Gasteiger charge is -2.18. The number of carbonyl (C=O) groups excluding carboxylic acids is 1. The number of halogens is 2. The van der Waals surface area contributed by atoms with E-state index in [0.29, 0.717) is 15.8 Å². The highest BCUT2D eigenvalue weighted by molar-refractivity contribution is 6.34. The van der Waals surface area contributed by atoms with Gasteiger partial charge in [-0.15, -0.1) is 0 Å². The van der Waals surface area contributed by atoms with E-state index in [0.717, 1.165) is 0 Å². The molecule has 5 nitrogen and oxygen atoms in total. The van der Waals surface area contributed by atoms with E-state index in [1.807, 2.05) is 0 Å². The van der Waals surface area contributed by atoms with Crippen LogP contribution < -0.4 is 10.1 Å². The quantitative estimate of drug-likeness (QED) is 0.845.